The van der Waals surface area contributed by atoms with Crippen molar-refractivity contribution in [3.63, 3.8) is 0 Å². The fourth-order valence-corrected chi connectivity index (χ4v) is 2.78. The lowest BCUT2D eigenvalue weighted by Crippen LogP contribution is -2.34. The van der Waals surface area contributed by atoms with Gasteiger partial charge in [-0.05, 0) is 31.9 Å². The standard InChI is InChI=1S/C15H17N3O2/c1-10-8-14(19)11(9-17-10)15(20)18-7-3-5-13(18)12-4-2-6-16-12/h2,4,6,8-9,13,16H,3,5,7H2,1H3,(H,17,19). The molecule has 1 unspecified atom stereocenters. The van der Waals surface area contributed by atoms with E-state index >= 15 is 0 Å². The van der Waals surface area contributed by atoms with Gasteiger partial charge in [-0.1, -0.05) is 0 Å². The van der Waals surface area contributed by atoms with E-state index in [1.165, 1.54) is 12.3 Å². The molecule has 104 valence electrons. The predicted octanol–water partition coefficient (Wildman–Crippen LogP) is 1.99. The van der Waals surface area contributed by atoms with Crippen LogP contribution in [0, 0.1) is 6.92 Å². The first-order valence-corrected chi connectivity index (χ1v) is 6.80. The second-order valence-corrected chi connectivity index (χ2v) is 5.18. The number of hydrogen-bond donors (Lipinski definition) is 2. The first-order chi connectivity index (χ1) is 9.66. The Morgan fingerprint density at radius 3 is 2.95 bits per heavy atom. The Hall–Kier alpha value is -2.30. The quantitative estimate of drug-likeness (QED) is 0.877. The highest BCUT2D eigenvalue weighted by atomic mass is 16.2. The van der Waals surface area contributed by atoms with Gasteiger partial charge in [0.1, 0.15) is 5.56 Å². The van der Waals surface area contributed by atoms with E-state index in [0.717, 1.165) is 24.2 Å². The molecule has 1 aliphatic rings. The molecule has 0 saturated carbocycles. The first kappa shape index (κ1) is 12.7. The van der Waals surface area contributed by atoms with Crippen LogP contribution < -0.4 is 5.43 Å². The van der Waals surface area contributed by atoms with Gasteiger partial charge in [-0.2, -0.15) is 0 Å². The van der Waals surface area contributed by atoms with E-state index < -0.39 is 0 Å². The minimum atomic E-state index is -0.219. The van der Waals surface area contributed by atoms with Gasteiger partial charge in [-0.3, -0.25) is 9.59 Å². The fourth-order valence-electron chi connectivity index (χ4n) is 2.78. The molecule has 1 aliphatic heterocycles. The average molecular weight is 271 g/mol. The van der Waals surface area contributed by atoms with Crippen molar-refractivity contribution in [2.75, 3.05) is 6.54 Å². The number of rotatable bonds is 2. The van der Waals surface area contributed by atoms with Crippen molar-refractivity contribution in [2.45, 2.75) is 25.8 Å². The summed E-state index contributed by atoms with van der Waals surface area (Å²) in [4.78, 5) is 32.4. The molecule has 1 amide bonds. The van der Waals surface area contributed by atoms with Crippen molar-refractivity contribution in [1.29, 1.82) is 0 Å². The lowest BCUT2D eigenvalue weighted by Gasteiger charge is -2.23. The summed E-state index contributed by atoms with van der Waals surface area (Å²) in [5.74, 6) is -0.191. The molecule has 3 rings (SSSR count). The molecular formula is C15H17N3O2. The number of aromatic nitrogens is 2. The molecule has 1 atom stereocenters. The number of pyridine rings is 1. The highest BCUT2D eigenvalue weighted by Crippen LogP contribution is 2.31. The van der Waals surface area contributed by atoms with Crippen LogP contribution in [0.4, 0.5) is 0 Å². The number of aryl methyl sites for hydroxylation is 1. The zero-order valence-corrected chi connectivity index (χ0v) is 11.3. The SMILES string of the molecule is Cc1cc(=O)c(C(=O)N2CCCC2c2ccc[nH]2)c[nH]1. The maximum absolute atomic E-state index is 12.6. The van der Waals surface area contributed by atoms with Gasteiger partial charge in [-0.15, -0.1) is 0 Å². The predicted molar refractivity (Wildman–Crippen MR) is 75.6 cm³/mol. The van der Waals surface area contributed by atoms with E-state index in [0.29, 0.717) is 6.54 Å². The summed E-state index contributed by atoms with van der Waals surface area (Å²) >= 11 is 0. The molecule has 0 bridgehead atoms. The summed E-state index contributed by atoms with van der Waals surface area (Å²) in [5, 5.41) is 0. The van der Waals surface area contributed by atoms with Crippen LogP contribution in [0.2, 0.25) is 0 Å². The van der Waals surface area contributed by atoms with E-state index in [4.69, 9.17) is 0 Å². The van der Waals surface area contributed by atoms with E-state index in [1.54, 1.807) is 11.8 Å². The van der Waals surface area contributed by atoms with Gasteiger partial charge in [0.15, 0.2) is 5.43 Å². The molecule has 0 radical (unpaired) electrons. The van der Waals surface area contributed by atoms with Gasteiger partial charge in [0.2, 0.25) is 0 Å². The number of H-pyrrole nitrogens is 2. The van der Waals surface area contributed by atoms with Crippen LogP contribution in [0.1, 0.15) is 40.6 Å². The third kappa shape index (κ3) is 2.15. The van der Waals surface area contributed by atoms with Gasteiger partial charge < -0.3 is 14.9 Å². The average Bonchev–Trinajstić information content (AvgIpc) is 3.09. The smallest absolute Gasteiger partial charge is 0.259 e. The number of nitrogens with zero attached hydrogens (tertiary/aromatic N) is 1. The summed E-state index contributed by atoms with van der Waals surface area (Å²) in [6.45, 7) is 2.49. The Bertz CT molecular complexity index is 673. The molecule has 5 heteroatoms. The molecule has 0 spiro atoms. The monoisotopic (exact) mass is 271 g/mol. The van der Waals surface area contributed by atoms with Crippen LogP contribution in [0.25, 0.3) is 0 Å². The largest absolute Gasteiger partial charge is 0.364 e. The van der Waals surface area contributed by atoms with E-state index in [9.17, 15) is 9.59 Å². The van der Waals surface area contributed by atoms with Gasteiger partial charge in [0.05, 0.1) is 6.04 Å². The Morgan fingerprint density at radius 2 is 2.25 bits per heavy atom. The lowest BCUT2D eigenvalue weighted by atomic mass is 10.1. The molecule has 20 heavy (non-hydrogen) atoms. The van der Waals surface area contributed by atoms with Crippen molar-refractivity contribution in [2.24, 2.45) is 0 Å². The highest BCUT2D eigenvalue weighted by molar-refractivity contribution is 5.94. The molecule has 2 aromatic rings. The minimum Gasteiger partial charge on any atom is -0.364 e. The highest BCUT2D eigenvalue weighted by Gasteiger charge is 2.32. The van der Waals surface area contributed by atoms with Gasteiger partial charge in [-0.25, -0.2) is 0 Å². The molecule has 2 aromatic heterocycles. The Morgan fingerprint density at radius 1 is 1.40 bits per heavy atom. The summed E-state index contributed by atoms with van der Waals surface area (Å²) in [5.41, 5.74) is 1.78. The number of nitrogens with one attached hydrogen (secondary N) is 2. The Kier molecular flexibility index (Phi) is 3.18. The second-order valence-electron chi connectivity index (χ2n) is 5.18. The fraction of sp³-hybridized carbons (Fsp3) is 0.333. The van der Waals surface area contributed by atoms with Crippen LogP contribution in [-0.4, -0.2) is 27.3 Å². The molecule has 1 saturated heterocycles. The normalized spacial score (nSPS) is 18.4. The number of amides is 1. The summed E-state index contributed by atoms with van der Waals surface area (Å²) in [6.07, 6.45) is 5.26. The van der Waals surface area contributed by atoms with Crippen LogP contribution in [-0.2, 0) is 0 Å². The van der Waals surface area contributed by atoms with Gasteiger partial charge in [0, 0.05) is 36.4 Å². The van der Waals surface area contributed by atoms with Crippen LogP contribution >= 0.6 is 0 Å². The third-order valence-corrected chi connectivity index (χ3v) is 3.78. The molecular weight excluding hydrogens is 254 g/mol. The van der Waals surface area contributed by atoms with E-state index in [1.807, 2.05) is 18.3 Å². The zero-order chi connectivity index (χ0) is 14.1. The summed E-state index contributed by atoms with van der Waals surface area (Å²) in [6, 6.07) is 5.41. The number of hydrogen-bond acceptors (Lipinski definition) is 2. The molecule has 1 fully saturated rings. The number of aromatic amines is 2. The van der Waals surface area contributed by atoms with Crippen LogP contribution in [0.5, 0.6) is 0 Å². The number of carbonyl (C=O) groups is 1. The molecule has 5 nitrogen and oxygen atoms in total. The van der Waals surface area contributed by atoms with E-state index in [-0.39, 0.29) is 22.9 Å². The zero-order valence-electron chi connectivity index (χ0n) is 11.3. The minimum absolute atomic E-state index is 0.0400. The van der Waals surface area contributed by atoms with Crippen LogP contribution in [0.15, 0.2) is 35.4 Å². The van der Waals surface area contributed by atoms with Crippen molar-refractivity contribution in [1.82, 2.24) is 14.9 Å². The first-order valence-electron chi connectivity index (χ1n) is 6.80. The lowest BCUT2D eigenvalue weighted by molar-refractivity contribution is 0.0731. The molecule has 0 aliphatic carbocycles. The number of carbonyl (C=O) groups excluding carboxylic acids is 1. The van der Waals surface area contributed by atoms with Crippen molar-refractivity contribution >= 4 is 5.91 Å². The van der Waals surface area contributed by atoms with Crippen molar-refractivity contribution in [3.05, 3.63) is 57.8 Å². The van der Waals surface area contributed by atoms with Gasteiger partial charge >= 0.3 is 0 Å². The Labute approximate surface area is 116 Å². The molecule has 3 heterocycles. The maximum Gasteiger partial charge on any atom is 0.259 e. The topological polar surface area (TPSA) is 69.0 Å². The van der Waals surface area contributed by atoms with Gasteiger partial charge in [0.25, 0.3) is 5.91 Å². The van der Waals surface area contributed by atoms with Crippen molar-refractivity contribution in [3.8, 4) is 0 Å². The Balaban J connectivity index is 1.91. The second kappa shape index (κ2) is 5.00. The maximum atomic E-state index is 12.6. The third-order valence-electron chi connectivity index (χ3n) is 3.78. The molecule has 2 N–H and O–H groups in total. The summed E-state index contributed by atoms with van der Waals surface area (Å²) < 4.78 is 0. The van der Waals surface area contributed by atoms with Crippen LogP contribution in [0.3, 0.4) is 0 Å². The van der Waals surface area contributed by atoms with E-state index in [2.05, 4.69) is 9.97 Å². The number of likely N-dealkylation sites (tertiary alicyclic amines) is 1. The van der Waals surface area contributed by atoms with Crippen molar-refractivity contribution < 1.29 is 4.79 Å². The molecule has 0 aromatic carbocycles. The summed E-state index contributed by atoms with van der Waals surface area (Å²) in [7, 11) is 0.